The van der Waals surface area contributed by atoms with Gasteiger partial charge in [-0.05, 0) is 42.7 Å². The number of carbonyl (C=O) groups excluding carboxylic acids is 2. The third-order valence-corrected chi connectivity index (χ3v) is 5.61. The highest BCUT2D eigenvalue weighted by Gasteiger charge is 2.33. The van der Waals surface area contributed by atoms with E-state index in [0.29, 0.717) is 37.8 Å². The molecule has 7 heteroatoms. The van der Waals surface area contributed by atoms with E-state index in [9.17, 15) is 9.59 Å². The molecule has 152 valence electrons. The number of nitrogens with zero attached hydrogens (tertiary/aromatic N) is 2. The van der Waals surface area contributed by atoms with Crippen LogP contribution in [0.1, 0.15) is 18.4 Å². The van der Waals surface area contributed by atoms with Gasteiger partial charge >= 0.3 is 6.03 Å². The Morgan fingerprint density at radius 1 is 1.14 bits per heavy atom. The van der Waals surface area contributed by atoms with E-state index in [2.05, 4.69) is 5.32 Å². The molecule has 0 aromatic heterocycles. The maximum Gasteiger partial charge on any atom is 0.324 e. The summed E-state index contributed by atoms with van der Waals surface area (Å²) < 4.78 is 5.65. The molecule has 1 unspecified atom stereocenters. The van der Waals surface area contributed by atoms with Gasteiger partial charge in [-0.15, -0.1) is 0 Å². The zero-order valence-corrected chi connectivity index (χ0v) is 16.9. The first kappa shape index (κ1) is 19.6. The number of hydrogen-bond acceptors (Lipinski definition) is 3. The van der Waals surface area contributed by atoms with Gasteiger partial charge in [0, 0.05) is 24.7 Å². The maximum absolute atomic E-state index is 13.2. The lowest BCUT2D eigenvalue weighted by atomic mass is 9.97. The minimum Gasteiger partial charge on any atom is -0.490 e. The van der Waals surface area contributed by atoms with Gasteiger partial charge in [0.1, 0.15) is 12.4 Å². The Bertz CT molecular complexity index is 904. The summed E-state index contributed by atoms with van der Waals surface area (Å²) >= 11 is 6.00. The van der Waals surface area contributed by atoms with Gasteiger partial charge in [-0.1, -0.05) is 35.9 Å². The molecule has 29 heavy (non-hydrogen) atoms. The molecule has 1 N–H and O–H groups in total. The number of carbonyl (C=O) groups is 2. The van der Waals surface area contributed by atoms with Gasteiger partial charge in [0.05, 0.1) is 18.2 Å². The van der Waals surface area contributed by atoms with Gasteiger partial charge in [0.25, 0.3) is 0 Å². The van der Waals surface area contributed by atoms with Crippen molar-refractivity contribution >= 4 is 29.2 Å². The summed E-state index contributed by atoms with van der Waals surface area (Å²) in [5.74, 6) is 0.493. The predicted molar refractivity (Wildman–Crippen MR) is 112 cm³/mol. The summed E-state index contributed by atoms with van der Waals surface area (Å²) in [7, 11) is 0. The average molecular weight is 414 g/mol. The second kappa shape index (κ2) is 8.74. The lowest BCUT2D eigenvalue weighted by Crippen LogP contribution is -2.52. The monoisotopic (exact) mass is 413 g/mol. The molecule has 6 nitrogen and oxygen atoms in total. The Morgan fingerprint density at radius 2 is 2.00 bits per heavy atom. The highest BCUT2D eigenvalue weighted by molar-refractivity contribution is 6.30. The quantitative estimate of drug-likeness (QED) is 0.834. The first-order chi connectivity index (χ1) is 14.1. The lowest BCUT2D eigenvalue weighted by Gasteiger charge is -2.37. The fourth-order valence-corrected chi connectivity index (χ4v) is 4.10. The highest BCUT2D eigenvalue weighted by atomic mass is 35.5. The van der Waals surface area contributed by atoms with E-state index in [0.717, 1.165) is 29.8 Å². The van der Waals surface area contributed by atoms with E-state index < -0.39 is 0 Å². The number of piperidine rings is 1. The summed E-state index contributed by atoms with van der Waals surface area (Å²) in [6.07, 6.45) is 1.60. The number of anilines is 1. The molecule has 1 fully saturated rings. The molecule has 2 aromatic carbocycles. The normalized spacial score (nSPS) is 18.6. The van der Waals surface area contributed by atoms with Gasteiger partial charge in [0.2, 0.25) is 5.91 Å². The first-order valence-electron chi connectivity index (χ1n) is 9.92. The van der Waals surface area contributed by atoms with E-state index in [1.165, 1.54) is 0 Å². The van der Waals surface area contributed by atoms with Gasteiger partial charge in [-0.3, -0.25) is 9.69 Å². The Hall–Kier alpha value is -2.73. The van der Waals surface area contributed by atoms with E-state index in [-0.39, 0.29) is 17.9 Å². The van der Waals surface area contributed by atoms with Crippen molar-refractivity contribution in [2.45, 2.75) is 19.4 Å². The number of likely N-dealkylation sites (tertiary alicyclic amines) is 1. The number of rotatable bonds is 3. The minimum atomic E-state index is -0.205. The Balaban J connectivity index is 1.38. The molecule has 1 atom stereocenters. The van der Waals surface area contributed by atoms with E-state index >= 15 is 0 Å². The maximum atomic E-state index is 13.2. The molecule has 1 saturated heterocycles. The number of benzene rings is 2. The second-order valence-corrected chi connectivity index (χ2v) is 7.82. The summed E-state index contributed by atoms with van der Waals surface area (Å²) in [6.45, 7) is 2.51. The van der Waals surface area contributed by atoms with Crippen LogP contribution in [0.15, 0.2) is 48.5 Å². The summed E-state index contributed by atoms with van der Waals surface area (Å²) in [4.78, 5) is 29.4. The van der Waals surface area contributed by atoms with Crippen LogP contribution in [0.2, 0.25) is 5.02 Å². The van der Waals surface area contributed by atoms with Crippen molar-refractivity contribution < 1.29 is 14.3 Å². The van der Waals surface area contributed by atoms with Crippen LogP contribution in [-0.4, -0.2) is 43.1 Å². The summed E-state index contributed by atoms with van der Waals surface area (Å²) in [6, 6.07) is 14.9. The van der Waals surface area contributed by atoms with E-state index in [1.807, 2.05) is 42.5 Å². The van der Waals surface area contributed by atoms with Crippen LogP contribution in [0.25, 0.3) is 0 Å². The standard InChI is InChI=1S/C22H24ClN3O3/c23-18-7-3-5-16(13-18)14-24-21(27)17-6-4-10-25(15-17)22(28)26-11-12-29-20-9-2-1-8-19(20)26/h1-3,5,7-9,13,17H,4,6,10-12,14-15H2,(H,24,27). The van der Waals surface area contributed by atoms with Crippen molar-refractivity contribution in [3.63, 3.8) is 0 Å². The number of urea groups is 1. The fourth-order valence-electron chi connectivity index (χ4n) is 3.88. The van der Waals surface area contributed by atoms with Crippen molar-refractivity contribution in [2.24, 2.45) is 5.92 Å². The number of amides is 3. The molecule has 0 spiro atoms. The molecule has 4 rings (SSSR count). The molecule has 0 bridgehead atoms. The SMILES string of the molecule is O=C(NCc1cccc(Cl)c1)C1CCCN(C(=O)N2CCOc3ccccc32)C1. The van der Waals surface area contributed by atoms with Crippen molar-refractivity contribution in [1.29, 1.82) is 0 Å². The van der Waals surface area contributed by atoms with Crippen molar-refractivity contribution in [3.8, 4) is 5.75 Å². The predicted octanol–water partition coefficient (Wildman–Crippen LogP) is 3.69. The molecular weight excluding hydrogens is 390 g/mol. The zero-order valence-electron chi connectivity index (χ0n) is 16.1. The number of nitrogens with one attached hydrogen (secondary N) is 1. The van der Waals surface area contributed by atoms with Crippen LogP contribution in [0.3, 0.4) is 0 Å². The highest BCUT2D eigenvalue weighted by Crippen LogP contribution is 2.32. The van der Waals surface area contributed by atoms with Crippen LogP contribution in [0.4, 0.5) is 10.5 Å². The molecule has 2 aliphatic rings. The molecule has 0 aliphatic carbocycles. The lowest BCUT2D eigenvalue weighted by molar-refractivity contribution is -0.126. The molecule has 2 aromatic rings. The topological polar surface area (TPSA) is 61.9 Å². The van der Waals surface area contributed by atoms with Crippen LogP contribution in [-0.2, 0) is 11.3 Å². The van der Waals surface area contributed by atoms with Gasteiger partial charge in [0.15, 0.2) is 0 Å². The van der Waals surface area contributed by atoms with Crippen molar-refractivity contribution in [1.82, 2.24) is 10.2 Å². The Kier molecular flexibility index (Phi) is 5.90. The molecule has 2 heterocycles. The van der Waals surface area contributed by atoms with Crippen LogP contribution >= 0.6 is 11.6 Å². The van der Waals surface area contributed by atoms with Crippen LogP contribution in [0.5, 0.6) is 5.75 Å². The third-order valence-electron chi connectivity index (χ3n) is 5.38. The molecule has 0 radical (unpaired) electrons. The largest absolute Gasteiger partial charge is 0.490 e. The van der Waals surface area contributed by atoms with Gasteiger partial charge in [-0.25, -0.2) is 4.79 Å². The van der Waals surface area contributed by atoms with Crippen molar-refractivity contribution in [2.75, 3.05) is 31.1 Å². The zero-order chi connectivity index (χ0) is 20.2. The number of hydrogen-bond donors (Lipinski definition) is 1. The summed E-state index contributed by atoms with van der Waals surface area (Å²) in [5, 5.41) is 3.63. The number of ether oxygens (including phenoxy) is 1. The fraction of sp³-hybridized carbons (Fsp3) is 0.364. The van der Waals surface area contributed by atoms with Crippen LogP contribution in [0, 0.1) is 5.92 Å². The van der Waals surface area contributed by atoms with E-state index in [4.69, 9.17) is 16.3 Å². The molecular formula is C22H24ClN3O3. The number of halogens is 1. The third kappa shape index (κ3) is 4.48. The molecule has 3 amide bonds. The Labute approximate surface area is 175 Å². The Morgan fingerprint density at radius 3 is 2.86 bits per heavy atom. The summed E-state index contributed by atoms with van der Waals surface area (Å²) in [5.41, 5.74) is 1.75. The average Bonchev–Trinajstić information content (AvgIpc) is 2.76. The van der Waals surface area contributed by atoms with E-state index in [1.54, 1.807) is 15.9 Å². The van der Waals surface area contributed by atoms with Crippen LogP contribution < -0.4 is 15.0 Å². The smallest absolute Gasteiger partial charge is 0.324 e. The van der Waals surface area contributed by atoms with Gasteiger partial charge < -0.3 is 15.0 Å². The van der Waals surface area contributed by atoms with Crippen molar-refractivity contribution in [3.05, 3.63) is 59.1 Å². The number of para-hydroxylation sites is 2. The minimum absolute atomic E-state index is 0.0233. The molecule has 0 saturated carbocycles. The molecule has 2 aliphatic heterocycles. The van der Waals surface area contributed by atoms with Gasteiger partial charge in [-0.2, -0.15) is 0 Å². The second-order valence-electron chi connectivity index (χ2n) is 7.38. The first-order valence-corrected chi connectivity index (χ1v) is 10.3. The number of fused-ring (bicyclic) bond motifs is 1.